The predicted octanol–water partition coefficient (Wildman–Crippen LogP) is 0.898. The molecular formula is C13H16ClN3O3. The van der Waals surface area contributed by atoms with Crippen LogP contribution in [0.2, 0.25) is 5.02 Å². The van der Waals surface area contributed by atoms with Gasteiger partial charge < -0.3 is 20.6 Å². The van der Waals surface area contributed by atoms with Crippen molar-refractivity contribution >= 4 is 34.8 Å². The van der Waals surface area contributed by atoms with Crippen LogP contribution < -0.4 is 15.5 Å². The van der Waals surface area contributed by atoms with Gasteiger partial charge in [0.1, 0.15) is 0 Å². The molecule has 0 saturated carbocycles. The first kappa shape index (κ1) is 14.6. The van der Waals surface area contributed by atoms with E-state index in [4.69, 9.17) is 11.6 Å². The van der Waals surface area contributed by atoms with Crippen LogP contribution in [0, 0.1) is 0 Å². The molecule has 3 N–H and O–H groups in total. The summed E-state index contributed by atoms with van der Waals surface area (Å²) in [5, 5.41) is 15.2. The van der Waals surface area contributed by atoms with Crippen LogP contribution in [0.4, 0.5) is 11.4 Å². The smallest absolute Gasteiger partial charge is 0.257 e. The summed E-state index contributed by atoms with van der Waals surface area (Å²) < 4.78 is 0. The van der Waals surface area contributed by atoms with Crippen molar-refractivity contribution in [2.75, 3.05) is 30.4 Å². The van der Waals surface area contributed by atoms with Crippen molar-refractivity contribution in [3.05, 3.63) is 22.7 Å². The van der Waals surface area contributed by atoms with Gasteiger partial charge in [0.25, 0.3) is 5.91 Å². The fourth-order valence-corrected chi connectivity index (χ4v) is 2.41. The van der Waals surface area contributed by atoms with Gasteiger partial charge in [0.15, 0.2) is 6.10 Å². The number of aliphatic hydroxyl groups excluding tert-OH is 1. The largest absolute Gasteiger partial charge is 0.378 e. The number of benzene rings is 1. The molecule has 0 radical (unpaired) electrons. The van der Waals surface area contributed by atoms with Crippen molar-refractivity contribution in [2.45, 2.75) is 13.0 Å². The molecule has 6 nitrogen and oxygen atoms in total. The minimum Gasteiger partial charge on any atom is -0.378 e. The maximum atomic E-state index is 11.5. The molecular weight excluding hydrogens is 282 g/mol. The molecule has 0 spiro atoms. The fraction of sp³-hybridized carbons (Fsp3) is 0.385. The quantitative estimate of drug-likeness (QED) is 0.771. The summed E-state index contributed by atoms with van der Waals surface area (Å²) in [6.45, 7) is 2.66. The number of rotatable bonds is 4. The van der Waals surface area contributed by atoms with Crippen molar-refractivity contribution in [2.24, 2.45) is 0 Å². The van der Waals surface area contributed by atoms with E-state index in [1.165, 1.54) is 0 Å². The lowest BCUT2D eigenvalue weighted by atomic mass is 10.1. The normalized spacial score (nSPS) is 16.6. The van der Waals surface area contributed by atoms with E-state index in [1.54, 1.807) is 24.1 Å². The zero-order chi connectivity index (χ0) is 14.9. The second-order valence-corrected chi connectivity index (χ2v) is 4.88. The monoisotopic (exact) mass is 297 g/mol. The van der Waals surface area contributed by atoms with E-state index in [-0.39, 0.29) is 12.5 Å². The highest BCUT2D eigenvalue weighted by molar-refractivity contribution is 6.33. The Morgan fingerprint density at radius 3 is 2.85 bits per heavy atom. The Bertz CT molecular complexity index is 562. The number of fused-ring (bicyclic) bond motifs is 1. The lowest BCUT2D eigenvalue weighted by molar-refractivity contribution is -0.123. The van der Waals surface area contributed by atoms with Gasteiger partial charge in [-0.25, -0.2) is 0 Å². The zero-order valence-electron chi connectivity index (χ0n) is 11.2. The molecule has 1 aliphatic rings. The minimum atomic E-state index is -1.19. The molecule has 1 aromatic rings. The molecule has 0 fully saturated rings. The van der Waals surface area contributed by atoms with Gasteiger partial charge in [-0.3, -0.25) is 9.59 Å². The summed E-state index contributed by atoms with van der Waals surface area (Å²) in [7, 11) is 1.57. The number of anilines is 2. The number of hydrogen-bond acceptors (Lipinski definition) is 4. The van der Waals surface area contributed by atoms with Gasteiger partial charge in [-0.15, -0.1) is 0 Å². The first-order valence-electron chi connectivity index (χ1n) is 6.25. The van der Waals surface area contributed by atoms with E-state index in [0.717, 1.165) is 0 Å². The van der Waals surface area contributed by atoms with Gasteiger partial charge in [0.2, 0.25) is 5.91 Å². The summed E-state index contributed by atoms with van der Waals surface area (Å²) in [4.78, 5) is 24.7. The van der Waals surface area contributed by atoms with Crippen LogP contribution in [0.1, 0.15) is 18.6 Å². The van der Waals surface area contributed by atoms with E-state index in [1.807, 2.05) is 6.92 Å². The van der Waals surface area contributed by atoms with Gasteiger partial charge in [0, 0.05) is 24.8 Å². The van der Waals surface area contributed by atoms with Gasteiger partial charge in [0.05, 0.1) is 17.3 Å². The highest BCUT2D eigenvalue weighted by atomic mass is 35.5. The lowest BCUT2D eigenvalue weighted by Crippen LogP contribution is -2.35. The Morgan fingerprint density at radius 1 is 1.55 bits per heavy atom. The lowest BCUT2D eigenvalue weighted by Gasteiger charge is -2.24. The third-order valence-corrected chi connectivity index (χ3v) is 3.56. The topological polar surface area (TPSA) is 81.7 Å². The van der Waals surface area contributed by atoms with Crippen molar-refractivity contribution < 1.29 is 14.7 Å². The summed E-state index contributed by atoms with van der Waals surface area (Å²) in [6.07, 6.45) is -1.19. The van der Waals surface area contributed by atoms with Crippen molar-refractivity contribution in [3.8, 4) is 0 Å². The van der Waals surface area contributed by atoms with Crippen LogP contribution in [0.5, 0.6) is 0 Å². The number of halogens is 1. The van der Waals surface area contributed by atoms with Crippen LogP contribution in [-0.2, 0) is 9.59 Å². The van der Waals surface area contributed by atoms with Crippen LogP contribution in [0.3, 0.4) is 0 Å². The summed E-state index contributed by atoms with van der Waals surface area (Å²) in [5.41, 5.74) is 1.63. The molecule has 1 aromatic carbocycles. The van der Waals surface area contributed by atoms with Crippen molar-refractivity contribution in [1.29, 1.82) is 0 Å². The Labute approximate surface area is 121 Å². The molecule has 0 bridgehead atoms. The van der Waals surface area contributed by atoms with E-state index in [9.17, 15) is 14.7 Å². The number of carbonyl (C=O) groups is 2. The second kappa shape index (κ2) is 5.68. The average molecular weight is 298 g/mol. The van der Waals surface area contributed by atoms with Crippen LogP contribution >= 0.6 is 11.6 Å². The van der Waals surface area contributed by atoms with Gasteiger partial charge in [-0.05, 0) is 19.1 Å². The molecule has 2 amide bonds. The molecule has 1 atom stereocenters. The Hall–Kier alpha value is -1.79. The molecule has 1 heterocycles. The van der Waals surface area contributed by atoms with Crippen molar-refractivity contribution in [3.63, 3.8) is 0 Å². The fourth-order valence-electron chi connectivity index (χ4n) is 2.12. The van der Waals surface area contributed by atoms with Gasteiger partial charge >= 0.3 is 0 Å². The third-order valence-electron chi connectivity index (χ3n) is 3.26. The van der Waals surface area contributed by atoms with Gasteiger partial charge in [-0.2, -0.15) is 0 Å². The summed E-state index contributed by atoms with van der Waals surface area (Å²) in [6, 6.07) is 3.24. The third kappa shape index (κ3) is 2.57. The van der Waals surface area contributed by atoms with Crippen LogP contribution in [-0.4, -0.2) is 37.1 Å². The highest BCUT2D eigenvalue weighted by Gasteiger charge is 2.30. The van der Waals surface area contributed by atoms with Gasteiger partial charge in [-0.1, -0.05) is 11.6 Å². The number of amides is 2. The van der Waals surface area contributed by atoms with E-state index in [2.05, 4.69) is 10.6 Å². The standard InChI is InChI=1S/C13H16ClN3O3/c1-3-17(6-11(18)15-2)10-5-9-7(4-8(10)14)12(19)13(20)16-9/h4-5,12,19H,3,6H2,1-2H3,(H,15,18)(H,16,20). The first-order valence-corrected chi connectivity index (χ1v) is 6.63. The average Bonchev–Trinajstić information content (AvgIpc) is 2.70. The SMILES string of the molecule is CCN(CC(=O)NC)c1cc2c(cc1Cl)C(O)C(=O)N2. The maximum Gasteiger partial charge on any atom is 0.257 e. The highest BCUT2D eigenvalue weighted by Crippen LogP contribution is 2.38. The Kier molecular flexibility index (Phi) is 4.15. The Morgan fingerprint density at radius 2 is 2.25 bits per heavy atom. The Balaban J connectivity index is 2.36. The van der Waals surface area contributed by atoms with E-state index < -0.39 is 12.0 Å². The molecule has 108 valence electrons. The van der Waals surface area contributed by atoms with Crippen molar-refractivity contribution in [1.82, 2.24) is 5.32 Å². The summed E-state index contributed by atoms with van der Waals surface area (Å²) >= 11 is 6.20. The summed E-state index contributed by atoms with van der Waals surface area (Å²) in [5.74, 6) is -0.602. The van der Waals surface area contributed by atoms with E-state index >= 15 is 0 Å². The molecule has 0 aliphatic carbocycles. The first-order chi connectivity index (χ1) is 9.47. The number of nitrogens with zero attached hydrogens (tertiary/aromatic N) is 1. The number of hydrogen-bond donors (Lipinski definition) is 3. The molecule has 20 heavy (non-hydrogen) atoms. The zero-order valence-corrected chi connectivity index (χ0v) is 12.0. The predicted molar refractivity (Wildman–Crippen MR) is 77.0 cm³/mol. The molecule has 1 aliphatic heterocycles. The molecule has 0 aromatic heterocycles. The molecule has 1 unspecified atom stereocenters. The number of aliphatic hydroxyl groups is 1. The molecule has 2 rings (SSSR count). The second-order valence-electron chi connectivity index (χ2n) is 4.47. The molecule has 7 heteroatoms. The maximum absolute atomic E-state index is 11.5. The number of likely N-dealkylation sites (N-methyl/N-ethyl adjacent to an activating group) is 2. The molecule has 0 saturated heterocycles. The van der Waals surface area contributed by atoms with Crippen LogP contribution in [0.25, 0.3) is 0 Å². The van der Waals surface area contributed by atoms with E-state index in [0.29, 0.717) is 28.5 Å². The minimum absolute atomic E-state index is 0.132. The number of nitrogens with one attached hydrogen (secondary N) is 2. The van der Waals surface area contributed by atoms with Crippen LogP contribution in [0.15, 0.2) is 12.1 Å². The number of carbonyl (C=O) groups excluding carboxylic acids is 2.